The van der Waals surface area contributed by atoms with E-state index in [9.17, 15) is 4.79 Å². The Morgan fingerprint density at radius 1 is 0.774 bits per heavy atom. The molecule has 0 atom stereocenters. The molecule has 0 saturated carbocycles. The number of nitrogens with one attached hydrogen (secondary N) is 1. The summed E-state index contributed by atoms with van der Waals surface area (Å²) in [5.41, 5.74) is 7.93. The Balaban J connectivity index is 1.47. The summed E-state index contributed by atoms with van der Waals surface area (Å²) in [5, 5.41) is 3.49. The number of aryl methyl sites for hydroxylation is 2. The summed E-state index contributed by atoms with van der Waals surface area (Å²) in [6, 6.07) is 22.5. The average molecular weight is 416 g/mol. The number of carbonyl (C=O) groups is 1. The molecule has 0 spiro atoms. The van der Waals surface area contributed by atoms with Crippen LogP contribution in [0.15, 0.2) is 66.7 Å². The third-order valence-corrected chi connectivity index (χ3v) is 5.32. The van der Waals surface area contributed by atoms with E-state index in [0.29, 0.717) is 5.56 Å². The molecule has 0 bridgehead atoms. The van der Waals surface area contributed by atoms with Gasteiger partial charge >= 0.3 is 5.97 Å². The molecule has 0 heterocycles. The first-order valence-corrected chi connectivity index (χ1v) is 10.8. The first-order chi connectivity index (χ1) is 14.7. The normalized spacial score (nSPS) is 11.4. The van der Waals surface area contributed by atoms with E-state index in [2.05, 4.69) is 70.3 Å². The molecule has 3 nitrogen and oxygen atoms in total. The molecule has 0 aliphatic carbocycles. The fourth-order valence-electron chi connectivity index (χ4n) is 3.61. The second kappa shape index (κ2) is 9.93. The summed E-state index contributed by atoms with van der Waals surface area (Å²) >= 11 is 0. The molecule has 3 aromatic rings. The summed E-state index contributed by atoms with van der Waals surface area (Å²) in [6.07, 6.45) is 0. The molecule has 0 saturated heterocycles. The molecule has 3 aromatic carbocycles. The molecule has 3 rings (SSSR count). The number of hydrogen-bond donors (Lipinski definition) is 1. The van der Waals surface area contributed by atoms with Crippen molar-refractivity contribution < 1.29 is 9.53 Å². The molecular formula is C28H33NO2. The zero-order valence-electron chi connectivity index (χ0n) is 19.3. The van der Waals surface area contributed by atoms with Crippen LogP contribution in [0, 0.1) is 13.8 Å². The monoisotopic (exact) mass is 415 g/mol. The van der Waals surface area contributed by atoms with Crippen molar-refractivity contribution in [3.05, 3.63) is 106 Å². The Labute approximate surface area is 186 Å². The van der Waals surface area contributed by atoms with E-state index in [-0.39, 0.29) is 18.0 Å². The van der Waals surface area contributed by atoms with Gasteiger partial charge in [0.25, 0.3) is 0 Å². The minimum absolute atomic E-state index is 0.0675. The van der Waals surface area contributed by atoms with Gasteiger partial charge in [-0.1, -0.05) is 86.5 Å². The van der Waals surface area contributed by atoms with E-state index in [1.807, 2.05) is 36.4 Å². The standard InChI is InChI=1S/C28H33NO2/c1-20-14-21(2)16-24(15-20)18-29-17-22-6-8-23(9-7-22)19-31-27(30)25-10-12-26(13-11-25)28(3,4)5/h6-16,29H,17-19H2,1-5H3. The van der Waals surface area contributed by atoms with Gasteiger partial charge in [0.1, 0.15) is 6.61 Å². The molecule has 0 aliphatic heterocycles. The Morgan fingerprint density at radius 3 is 1.90 bits per heavy atom. The van der Waals surface area contributed by atoms with Crippen LogP contribution in [-0.2, 0) is 29.8 Å². The predicted octanol–water partition coefficient (Wildman–Crippen LogP) is 6.25. The lowest BCUT2D eigenvalue weighted by Crippen LogP contribution is -2.13. The number of hydrogen-bond acceptors (Lipinski definition) is 3. The Hall–Kier alpha value is -2.91. The van der Waals surface area contributed by atoms with Crippen molar-refractivity contribution in [1.29, 1.82) is 0 Å². The molecule has 31 heavy (non-hydrogen) atoms. The first kappa shape index (κ1) is 22.8. The van der Waals surface area contributed by atoms with Crippen LogP contribution >= 0.6 is 0 Å². The second-order valence-electron chi connectivity index (χ2n) is 9.32. The largest absolute Gasteiger partial charge is 0.457 e. The number of carbonyl (C=O) groups excluding carboxylic acids is 1. The van der Waals surface area contributed by atoms with E-state index < -0.39 is 0 Å². The van der Waals surface area contributed by atoms with Gasteiger partial charge in [-0.05, 0) is 53.6 Å². The highest BCUT2D eigenvalue weighted by atomic mass is 16.5. The van der Waals surface area contributed by atoms with E-state index >= 15 is 0 Å². The summed E-state index contributed by atoms with van der Waals surface area (Å²) in [6.45, 7) is 12.6. The smallest absolute Gasteiger partial charge is 0.338 e. The van der Waals surface area contributed by atoms with Gasteiger partial charge in [0, 0.05) is 13.1 Å². The number of benzene rings is 3. The van der Waals surface area contributed by atoms with Crippen LogP contribution in [0.4, 0.5) is 0 Å². The van der Waals surface area contributed by atoms with Crippen molar-refractivity contribution in [2.75, 3.05) is 0 Å². The average Bonchev–Trinajstić information content (AvgIpc) is 2.72. The third-order valence-electron chi connectivity index (χ3n) is 5.32. The molecule has 0 radical (unpaired) electrons. The van der Waals surface area contributed by atoms with Crippen molar-refractivity contribution in [2.24, 2.45) is 0 Å². The van der Waals surface area contributed by atoms with Gasteiger partial charge < -0.3 is 10.1 Å². The fourth-order valence-corrected chi connectivity index (χ4v) is 3.61. The van der Waals surface area contributed by atoms with Crippen molar-refractivity contribution in [3.8, 4) is 0 Å². The SMILES string of the molecule is Cc1cc(C)cc(CNCc2ccc(COC(=O)c3ccc(C(C)(C)C)cc3)cc2)c1. The molecule has 0 aromatic heterocycles. The summed E-state index contributed by atoms with van der Waals surface area (Å²) in [4.78, 5) is 12.3. The van der Waals surface area contributed by atoms with Crippen LogP contribution < -0.4 is 5.32 Å². The van der Waals surface area contributed by atoms with Crippen LogP contribution in [0.3, 0.4) is 0 Å². The van der Waals surface area contributed by atoms with Gasteiger partial charge in [-0.2, -0.15) is 0 Å². The number of rotatable bonds is 7. The quantitative estimate of drug-likeness (QED) is 0.464. The fraction of sp³-hybridized carbons (Fsp3) is 0.321. The first-order valence-electron chi connectivity index (χ1n) is 10.8. The van der Waals surface area contributed by atoms with Crippen molar-refractivity contribution in [2.45, 2.75) is 59.7 Å². The minimum Gasteiger partial charge on any atom is -0.457 e. The lowest BCUT2D eigenvalue weighted by atomic mass is 9.87. The maximum atomic E-state index is 12.3. The van der Waals surface area contributed by atoms with E-state index in [1.165, 1.54) is 27.8 Å². The van der Waals surface area contributed by atoms with Crippen LogP contribution in [0.1, 0.15) is 64.5 Å². The summed E-state index contributed by atoms with van der Waals surface area (Å²) in [7, 11) is 0. The van der Waals surface area contributed by atoms with Gasteiger partial charge in [-0.3, -0.25) is 0 Å². The Morgan fingerprint density at radius 2 is 1.32 bits per heavy atom. The Bertz CT molecular complexity index is 992. The van der Waals surface area contributed by atoms with Crippen molar-refractivity contribution in [3.63, 3.8) is 0 Å². The second-order valence-corrected chi connectivity index (χ2v) is 9.32. The van der Waals surface area contributed by atoms with Crippen LogP contribution in [0.2, 0.25) is 0 Å². The van der Waals surface area contributed by atoms with Crippen molar-refractivity contribution in [1.82, 2.24) is 5.32 Å². The lowest BCUT2D eigenvalue weighted by Gasteiger charge is -2.18. The highest BCUT2D eigenvalue weighted by Crippen LogP contribution is 2.22. The van der Waals surface area contributed by atoms with Gasteiger partial charge in [0.2, 0.25) is 0 Å². The maximum Gasteiger partial charge on any atom is 0.338 e. The van der Waals surface area contributed by atoms with Crippen LogP contribution in [0.25, 0.3) is 0 Å². The van der Waals surface area contributed by atoms with Crippen LogP contribution in [-0.4, -0.2) is 5.97 Å². The van der Waals surface area contributed by atoms with Crippen molar-refractivity contribution >= 4 is 5.97 Å². The van der Waals surface area contributed by atoms with Gasteiger partial charge in [-0.15, -0.1) is 0 Å². The Kier molecular flexibility index (Phi) is 7.29. The maximum absolute atomic E-state index is 12.3. The topological polar surface area (TPSA) is 38.3 Å². The minimum atomic E-state index is -0.292. The van der Waals surface area contributed by atoms with Gasteiger partial charge in [-0.25, -0.2) is 4.79 Å². The molecule has 0 aliphatic rings. The van der Waals surface area contributed by atoms with Crippen LogP contribution in [0.5, 0.6) is 0 Å². The number of ether oxygens (including phenoxy) is 1. The van der Waals surface area contributed by atoms with Gasteiger partial charge in [0.15, 0.2) is 0 Å². The van der Waals surface area contributed by atoms with E-state index in [4.69, 9.17) is 4.74 Å². The predicted molar refractivity (Wildman–Crippen MR) is 127 cm³/mol. The van der Waals surface area contributed by atoms with E-state index in [1.54, 1.807) is 0 Å². The molecule has 0 amide bonds. The third kappa shape index (κ3) is 6.80. The lowest BCUT2D eigenvalue weighted by molar-refractivity contribution is 0.0472. The zero-order valence-corrected chi connectivity index (χ0v) is 19.3. The molecule has 1 N–H and O–H groups in total. The molecule has 0 unspecified atom stereocenters. The zero-order chi connectivity index (χ0) is 22.4. The molecular weight excluding hydrogens is 382 g/mol. The molecule has 3 heteroatoms. The highest BCUT2D eigenvalue weighted by Gasteiger charge is 2.14. The molecule has 162 valence electrons. The molecule has 0 fully saturated rings. The summed E-state index contributed by atoms with van der Waals surface area (Å²) < 4.78 is 5.49. The summed E-state index contributed by atoms with van der Waals surface area (Å²) in [5.74, 6) is -0.292. The number of esters is 1. The van der Waals surface area contributed by atoms with Gasteiger partial charge in [0.05, 0.1) is 5.56 Å². The highest BCUT2D eigenvalue weighted by molar-refractivity contribution is 5.89. The van der Waals surface area contributed by atoms with E-state index in [0.717, 1.165) is 18.7 Å².